The second-order valence-corrected chi connectivity index (χ2v) is 3.08. The summed E-state index contributed by atoms with van der Waals surface area (Å²) in [5, 5.41) is 5.24. The smallest absolute Gasteiger partial charge is 0.246 e. The molecule has 0 rings (SSSR count). The SMILES string of the molecule is CC.CCOCC(=O)NCCOCCNC(C)=O.[HH].[HH]. The lowest BCUT2D eigenvalue weighted by molar-refractivity contribution is -0.125. The van der Waals surface area contributed by atoms with Gasteiger partial charge in [0.05, 0.1) is 13.2 Å². The monoisotopic (exact) mass is 266 g/mol. The summed E-state index contributed by atoms with van der Waals surface area (Å²) in [7, 11) is 0. The van der Waals surface area contributed by atoms with Gasteiger partial charge >= 0.3 is 0 Å². The van der Waals surface area contributed by atoms with E-state index in [1.54, 1.807) is 0 Å². The molecule has 2 N–H and O–H groups in total. The van der Waals surface area contributed by atoms with Crippen molar-refractivity contribution in [1.29, 1.82) is 0 Å². The Labute approximate surface area is 112 Å². The topological polar surface area (TPSA) is 76.7 Å². The predicted molar refractivity (Wildman–Crippen MR) is 74.6 cm³/mol. The molecule has 0 saturated heterocycles. The third-order valence-electron chi connectivity index (χ3n) is 1.63. The van der Waals surface area contributed by atoms with Crippen molar-refractivity contribution in [2.75, 3.05) is 39.5 Å². The van der Waals surface area contributed by atoms with Gasteiger partial charge in [-0.3, -0.25) is 9.59 Å². The van der Waals surface area contributed by atoms with E-state index in [-0.39, 0.29) is 21.3 Å². The maximum absolute atomic E-state index is 11.0. The summed E-state index contributed by atoms with van der Waals surface area (Å²) in [5.41, 5.74) is 0. The number of carbonyl (C=O) groups excluding carboxylic acids is 2. The molecule has 0 aromatic rings. The van der Waals surface area contributed by atoms with Gasteiger partial charge in [0, 0.05) is 29.5 Å². The first-order valence-electron chi connectivity index (χ1n) is 6.33. The first-order valence-corrected chi connectivity index (χ1v) is 6.33. The van der Waals surface area contributed by atoms with E-state index >= 15 is 0 Å². The summed E-state index contributed by atoms with van der Waals surface area (Å²) < 4.78 is 10.1. The molecule has 0 fully saturated rings. The molecule has 0 aliphatic carbocycles. The average Bonchev–Trinajstić information content (AvgIpc) is 2.37. The molecule has 112 valence electrons. The van der Waals surface area contributed by atoms with E-state index in [1.807, 2.05) is 20.8 Å². The maximum atomic E-state index is 11.0. The minimum Gasteiger partial charge on any atom is -0.378 e. The summed E-state index contributed by atoms with van der Waals surface area (Å²) in [6.07, 6.45) is 0. The van der Waals surface area contributed by atoms with Gasteiger partial charge in [-0.05, 0) is 6.92 Å². The fourth-order valence-electron chi connectivity index (χ4n) is 0.910. The Morgan fingerprint density at radius 2 is 1.61 bits per heavy atom. The Hall–Kier alpha value is -1.14. The van der Waals surface area contributed by atoms with Gasteiger partial charge in [0.1, 0.15) is 6.61 Å². The summed E-state index contributed by atoms with van der Waals surface area (Å²) >= 11 is 0. The van der Waals surface area contributed by atoms with Crippen molar-refractivity contribution in [2.24, 2.45) is 0 Å². The number of amides is 2. The molecule has 0 unspecified atom stereocenters. The van der Waals surface area contributed by atoms with Crippen LogP contribution < -0.4 is 10.6 Å². The number of nitrogens with one attached hydrogen (secondary N) is 2. The Morgan fingerprint density at radius 1 is 1.06 bits per heavy atom. The highest BCUT2D eigenvalue weighted by Gasteiger charge is 1.98. The molecule has 2 amide bonds. The van der Waals surface area contributed by atoms with Gasteiger partial charge in [-0.1, -0.05) is 13.8 Å². The molecule has 0 atom stereocenters. The quantitative estimate of drug-likeness (QED) is 0.606. The Bertz CT molecular complexity index is 220. The second-order valence-electron chi connectivity index (χ2n) is 3.08. The molecular formula is C12H30N2O4. The van der Waals surface area contributed by atoms with Gasteiger partial charge in [0.15, 0.2) is 0 Å². The van der Waals surface area contributed by atoms with Crippen LogP contribution in [-0.2, 0) is 19.1 Å². The molecular weight excluding hydrogens is 236 g/mol. The number of hydrogen-bond acceptors (Lipinski definition) is 4. The van der Waals surface area contributed by atoms with Crippen molar-refractivity contribution in [3.8, 4) is 0 Å². The van der Waals surface area contributed by atoms with Crippen molar-refractivity contribution in [2.45, 2.75) is 27.7 Å². The fraction of sp³-hybridized carbons (Fsp3) is 0.833. The number of ether oxygens (including phenoxy) is 2. The summed E-state index contributed by atoms with van der Waals surface area (Å²) in [4.78, 5) is 21.5. The van der Waals surface area contributed by atoms with Gasteiger partial charge in [0.2, 0.25) is 11.8 Å². The highest BCUT2D eigenvalue weighted by atomic mass is 16.5. The van der Waals surface area contributed by atoms with E-state index in [2.05, 4.69) is 10.6 Å². The normalized spacial score (nSPS) is 9.11. The molecule has 0 aliphatic heterocycles. The Balaban J connectivity index is -0.000000304. The van der Waals surface area contributed by atoms with Crippen LogP contribution in [-0.4, -0.2) is 51.3 Å². The van der Waals surface area contributed by atoms with Gasteiger partial charge in [-0.25, -0.2) is 0 Å². The minimum absolute atomic E-state index is 0. The molecule has 0 spiro atoms. The van der Waals surface area contributed by atoms with Crippen molar-refractivity contribution in [3.05, 3.63) is 0 Å². The molecule has 0 radical (unpaired) electrons. The average molecular weight is 266 g/mol. The van der Waals surface area contributed by atoms with Crippen molar-refractivity contribution in [3.63, 3.8) is 0 Å². The van der Waals surface area contributed by atoms with Crippen LogP contribution >= 0.6 is 0 Å². The Morgan fingerprint density at radius 3 is 2.11 bits per heavy atom. The van der Waals surface area contributed by atoms with Crippen LogP contribution in [0.15, 0.2) is 0 Å². The lowest BCUT2D eigenvalue weighted by atomic mass is 10.5. The van der Waals surface area contributed by atoms with Crippen molar-refractivity contribution < 1.29 is 21.9 Å². The van der Waals surface area contributed by atoms with E-state index in [0.717, 1.165) is 0 Å². The lowest BCUT2D eigenvalue weighted by Gasteiger charge is -2.06. The highest BCUT2D eigenvalue weighted by molar-refractivity contribution is 5.77. The summed E-state index contributed by atoms with van der Waals surface area (Å²) in [6, 6.07) is 0. The van der Waals surface area contributed by atoms with Crippen LogP contribution in [0.3, 0.4) is 0 Å². The molecule has 0 saturated carbocycles. The maximum Gasteiger partial charge on any atom is 0.246 e. The number of rotatable bonds is 9. The van der Waals surface area contributed by atoms with E-state index < -0.39 is 0 Å². The van der Waals surface area contributed by atoms with Crippen molar-refractivity contribution in [1.82, 2.24) is 10.6 Å². The van der Waals surface area contributed by atoms with E-state index in [4.69, 9.17) is 9.47 Å². The number of carbonyl (C=O) groups is 2. The molecule has 0 bridgehead atoms. The van der Waals surface area contributed by atoms with E-state index in [1.165, 1.54) is 6.92 Å². The summed E-state index contributed by atoms with van der Waals surface area (Å²) in [6.45, 7) is 9.71. The van der Waals surface area contributed by atoms with Crippen LogP contribution in [0, 0.1) is 0 Å². The second kappa shape index (κ2) is 15.9. The zero-order valence-corrected chi connectivity index (χ0v) is 11.9. The third-order valence-corrected chi connectivity index (χ3v) is 1.63. The van der Waals surface area contributed by atoms with Crippen LogP contribution in [0.25, 0.3) is 0 Å². The largest absolute Gasteiger partial charge is 0.378 e. The van der Waals surface area contributed by atoms with Gasteiger partial charge in [0.25, 0.3) is 0 Å². The minimum atomic E-state index is -0.146. The number of hydrogen-bond donors (Lipinski definition) is 2. The lowest BCUT2D eigenvalue weighted by Crippen LogP contribution is -2.31. The molecule has 18 heavy (non-hydrogen) atoms. The fourth-order valence-corrected chi connectivity index (χ4v) is 0.910. The van der Waals surface area contributed by atoms with Gasteiger partial charge in [-0.2, -0.15) is 0 Å². The molecule has 0 heterocycles. The highest BCUT2D eigenvalue weighted by Crippen LogP contribution is 1.76. The van der Waals surface area contributed by atoms with Gasteiger partial charge < -0.3 is 20.1 Å². The van der Waals surface area contributed by atoms with Crippen molar-refractivity contribution >= 4 is 11.8 Å². The molecule has 6 heteroatoms. The molecule has 0 aliphatic rings. The Kier molecular flexibility index (Phi) is 16.9. The first-order chi connectivity index (χ1) is 8.66. The zero-order chi connectivity index (χ0) is 14.2. The third kappa shape index (κ3) is 17.3. The first kappa shape index (κ1) is 19.2. The molecule has 0 aromatic heterocycles. The van der Waals surface area contributed by atoms with E-state index in [0.29, 0.717) is 32.9 Å². The van der Waals surface area contributed by atoms with Gasteiger partial charge in [-0.15, -0.1) is 0 Å². The molecule has 0 aromatic carbocycles. The standard InChI is InChI=1S/C10H20N2O4.C2H6.2H2/c1-3-15-8-10(14)12-5-7-16-6-4-11-9(2)13;1-2;;/h3-8H2,1-2H3,(H,11,13)(H,12,14);1-2H3;2*1H. The predicted octanol–water partition coefficient (Wildman–Crippen LogP) is 0.810. The van der Waals surface area contributed by atoms with Crippen LogP contribution in [0.5, 0.6) is 0 Å². The van der Waals surface area contributed by atoms with E-state index in [9.17, 15) is 9.59 Å². The summed E-state index contributed by atoms with van der Waals surface area (Å²) in [5.74, 6) is -0.221. The molecule has 6 nitrogen and oxygen atoms in total. The van der Waals surface area contributed by atoms with Crippen LogP contribution in [0.4, 0.5) is 0 Å². The van der Waals surface area contributed by atoms with Crippen LogP contribution in [0.1, 0.15) is 30.5 Å². The van der Waals surface area contributed by atoms with Crippen LogP contribution in [0.2, 0.25) is 0 Å². The zero-order valence-electron chi connectivity index (χ0n) is 11.9.